The highest BCUT2D eigenvalue weighted by Crippen LogP contribution is 2.48. The van der Waals surface area contributed by atoms with Gasteiger partial charge in [0.25, 0.3) is 0 Å². The number of likely N-dealkylation sites (tertiary alicyclic amines) is 1. The van der Waals surface area contributed by atoms with Gasteiger partial charge >= 0.3 is 5.97 Å². The highest BCUT2D eigenvalue weighted by atomic mass is 16.4. The molecule has 6 heteroatoms. The summed E-state index contributed by atoms with van der Waals surface area (Å²) in [5.41, 5.74) is 1.40. The van der Waals surface area contributed by atoms with Crippen molar-refractivity contribution in [3.63, 3.8) is 0 Å². The molecule has 0 bridgehead atoms. The van der Waals surface area contributed by atoms with Crippen LogP contribution in [-0.2, 0) is 14.4 Å². The van der Waals surface area contributed by atoms with Crippen LogP contribution < -0.4 is 5.32 Å². The molecule has 2 saturated heterocycles. The number of nitrogens with one attached hydrogen (secondary N) is 1. The first-order chi connectivity index (χ1) is 15.4. The van der Waals surface area contributed by atoms with Gasteiger partial charge in [-0.3, -0.25) is 24.6 Å². The molecule has 2 aromatic carbocycles. The molecule has 0 saturated carbocycles. The molecule has 0 aliphatic carbocycles. The summed E-state index contributed by atoms with van der Waals surface area (Å²) in [5.74, 6) is -3.39. The molecule has 166 valence electrons. The first-order valence-corrected chi connectivity index (χ1v) is 11.1. The summed E-state index contributed by atoms with van der Waals surface area (Å²) in [6.07, 6.45) is 5.58. The van der Waals surface area contributed by atoms with Gasteiger partial charge in [-0.05, 0) is 30.0 Å². The maximum Gasteiger partial charge on any atom is 0.324 e. The number of carboxylic acids is 1. The Hall–Kier alpha value is -3.25. The minimum absolute atomic E-state index is 0.274. The van der Waals surface area contributed by atoms with Crippen LogP contribution in [0, 0.1) is 11.8 Å². The van der Waals surface area contributed by atoms with Crippen LogP contribution in [0.3, 0.4) is 0 Å². The molecule has 6 nitrogen and oxygen atoms in total. The molecule has 4 atom stereocenters. The van der Waals surface area contributed by atoms with Crippen molar-refractivity contribution in [2.45, 2.75) is 38.3 Å². The molecule has 2 aromatic rings. The van der Waals surface area contributed by atoms with Gasteiger partial charge in [0.05, 0.1) is 11.8 Å². The van der Waals surface area contributed by atoms with Crippen molar-refractivity contribution in [3.05, 3.63) is 71.3 Å². The minimum atomic E-state index is -1.49. The first kappa shape index (κ1) is 22.0. The van der Waals surface area contributed by atoms with Crippen LogP contribution in [0.4, 0.5) is 0 Å². The lowest BCUT2D eigenvalue weighted by molar-refractivity contribution is -0.150. The average molecular weight is 433 g/mol. The van der Waals surface area contributed by atoms with Crippen molar-refractivity contribution in [1.82, 2.24) is 10.2 Å². The van der Waals surface area contributed by atoms with Crippen LogP contribution in [0.5, 0.6) is 0 Å². The molecule has 4 rings (SSSR count). The van der Waals surface area contributed by atoms with Gasteiger partial charge in [0.2, 0.25) is 11.8 Å². The van der Waals surface area contributed by atoms with Crippen LogP contribution in [0.15, 0.2) is 54.6 Å². The van der Waals surface area contributed by atoms with E-state index >= 15 is 0 Å². The second-order valence-electron chi connectivity index (χ2n) is 8.73. The maximum atomic E-state index is 13.2. The Kier molecular flexibility index (Phi) is 5.98. The number of fused-ring (bicyclic) bond motifs is 1. The first-order valence-electron chi connectivity index (χ1n) is 11.1. The number of carboxylic acid groups (broad SMARTS) is 1. The molecule has 2 aliphatic heterocycles. The number of rotatable bonds is 7. The SMILES string of the molecule is CCCCN1C(=O)C2C(c3ccc(C=Cc4ccccc4)cc3)NC(C)(C(=O)O)C2C1=O. The highest BCUT2D eigenvalue weighted by molar-refractivity contribution is 6.09. The lowest BCUT2D eigenvalue weighted by atomic mass is 9.80. The fraction of sp³-hybridized carbons (Fsp3) is 0.346. The molecule has 0 radical (unpaired) electrons. The zero-order chi connectivity index (χ0) is 22.9. The van der Waals surface area contributed by atoms with E-state index in [-0.39, 0.29) is 11.8 Å². The van der Waals surface area contributed by atoms with Gasteiger partial charge in [0.1, 0.15) is 5.54 Å². The molecule has 0 aromatic heterocycles. The van der Waals surface area contributed by atoms with E-state index in [1.54, 1.807) is 0 Å². The van der Waals surface area contributed by atoms with Crippen LogP contribution >= 0.6 is 0 Å². The third-order valence-electron chi connectivity index (χ3n) is 6.62. The molecule has 32 heavy (non-hydrogen) atoms. The van der Waals surface area contributed by atoms with Crippen molar-refractivity contribution in [2.75, 3.05) is 6.54 Å². The Morgan fingerprint density at radius 1 is 1.03 bits per heavy atom. The van der Waals surface area contributed by atoms with Gasteiger partial charge in [-0.15, -0.1) is 0 Å². The van der Waals surface area contributed by atoms with E-state index in [1.165, 1.54) is 11.8 Å². The summed E-state index contributed by atoms with van der Waals surface area (Å²) >= 11 is 0. The Bertz CT molecular complexity index is 1050. The molecule has 4 unspecified atom stereocenters. The topological polar surface area (TPSA) is 86.7 Å². The number of aliphatic carboxylic acids is 1. The van der Waals surface area contributed by atoms with E-state index in [2.05, 4.69) is 5.32 Å². The normalized spacial score (nSPS) is 27.3. The van der Waals surface area contributed by atoms with Crippen molar-refractivity contribution in [1.29, 1.82) is 0 Å². The maximum absolute atomic E-state index is 13.2. The fourth-order valence-corrected chi connectivity index (χ4v) is 4.79. The predicted molar refractivity (Wildman–Crippen MR) is 122 cm³/mol. The number of hydrogen-bond acceptors (Lipinski definition) is 4. The second kappa shape index (κ2) is 8.71. The van der Waals surface area contributed by atoms with E-state index in [0.29, 0.717) is 13.0 Å². The lowest BCUT2D eigenvalue weighted by Gasteiger charge is -2.27. The van der Waals surface area contributed by atoms with Gasteiger partial charge in [-0.2, -0.15) is 0 Å². The Labute approximate surface area is 187 Å². The Morgan fingerprint density at radius 2 is 1.66 bits per heavy atom. The second-order valence-corrected chi connectivity index (χ2v) is 8.73. The summed E-state index contributed by atoms with van der Waals surface area (Å²) < 4.78 is 0. The van der Waals surface area contributed by atoms with Crippen LogP contribution in [0.25, 0.3) is 12.2 Å². The van der Waals surface area contributed by atoms with E-state index in [4.69, 9.17) is 0 Å². The average Bonchev–Trinajstić information content (AvgIpc) is 3.25. The predicted octanol–water partition coefficient (Wildman–Crippen LogP) is 3.75. The molecule has 2 amide bonds. The van der Waals surface area contributed by atoms with Crippen LogP contribution in [0.2, 0.25) is 0 Å². The van der Waals surface area contributed by atoms with Gasteiger partial charge in [-0.1, -0.05) is 80.1 Å². The number of benzene rings is 2. The quantitative estimate of drug-likeness (QED) is 0.514. The van der Waals surface area contributed by atoms with Gasteiger partial charge in [0, 0.05) is 12.6 Å². The summed E-state index contributed by atoms with van der Waals surface area (Å²) in [6.45, 7) is 3.84. The van der Waals surface area contributed by atoms with Crippen molar-refractivity contribution in [2.24, 2.45) is 11.8 Å². The summed E-state index contributed by atoms with van der Waals surface area (Å²) in [7, 11) is 0. The largest absolute Gasteiger partial charge is 0.480 e. The van der Waals surface area contributed by atoms with Crippen molar-refractivity contribution >= 4 is 29.9 Å². The summed E-state index contributed by atoms with van der Waals surface area (Å²) in [5, 5.41) is 13.0. The van der Waals surface area contributed by atoms with Gasteiger partial charge in [-0.25, -0.2) is 0 Å². The fourth-order valence-electron chi connectivity index (χ4n) is 4.79. The summed E-state index contributed by atoms with van der Waals surface area (Å²) in [6, 6.07) is 17.1. The highest BCUT2D eigenvalue weighted by Gasteiger charge is 2.66. The van der Waals surface area contributed by atoms with Crippen molar-refractivity contribution < 1.29 is 19.5 Å². The number of nitrogens with zero attached hydrogens (tertiary/aromatic N) is 1. The van der Waals surface area contributed by atoms with E-state index in [1.807, 2.05) is 73.7 Å². The molecule has 2 fully saturated rings. The van der Waals surface area contributed by atoms with Crippen molar-refractivity contribution in [3.8, 4) is 0 Å². The zero-order valence-corrected chi connectivity index (χ0v) is 18.3. The van der Waals surface area contributed by atoms with Crippen LogP contribution in [0.1, 0.15) is 49.4 Å². The monoisotopic (exact) mass is 432 g/mol. The molecule has 2 N–H and O–H groups in total. The van der Waals surface area contributed by atoms with Crippen LogP contribution in [-0.4, -0.2) is 39.9 Å². The van der Waals surface area contributed by atoms with Gasteiger partial charge < -0.3 is 5.11 Å². The van der Waals surface area contributed by atoms with E-state index in [0.717, 1.165) is 23.1 Å². The summed E-state index contributed by atoms with van der Waals surface area (Å²) in [4.78, 5) is 39.7. The molecular weight excluding hydrogens is 404 g/mol. The molecule has 2 aliphatic rings. The molecule has 0 spiro atoms. The number of imide groups is 1. The number of unbranched alkanes of at least 4 members (excludes halogenated alkanes) is 1. The Balaban J connectivity index is 1.61. The third-order valence-corrected chi connectivity index (χ3v) is 6.62. The lowest BCUT2D eigenvalue weighted by Crippen LogP contribution is -2.53. The van der Waals surface area contributed by atoms with Gasteiger partial charge in [0.15, 0.2) is 0 Å². The standard InChI is InChI=1S/C26H28N2O4/c1-3-4-16-28-23(29)20-21(24(28)30)26(2,25(31)32)27-22(20)19-14-12-18(13-15-19)11-10-17-8-6-5-7-9-17/h5-15,20-22,27H,3-4,16H2,1-2H3,(H,31,32). The number of carbonyl (C=O) groups excluding carboxylic acids is 2. The smallest absolute Gasteiger partial charge is 0.324 e. The molecular formula is C26H28N2O4. The number of amides is 2. The van der Waals surface area contributed by atoms with E-state index < -0.39 is 29.4 Å². The minimum Gasteiger partial charge on any atom is -0.480 e. The molecule has 2 heterocycles. The van der Waals surface area contributed by atoms with E-state index in [9.17, 15) is 19.5 Å². The third kappa shape index (κ3) is 3.75. The number of carbonyl (C=O) groups is 3. The zero-order valence-electron chi connectivity index (χ0n) is 18.3. The Morgan fingerprint density at radius 3 is 2.25 bits per heavy atom. The number of hydrogen-bond donors (Lipinski definition) is 2.